The Morgan fingerprint density at radius 2 is 1.32 bits per heavy atom. The third-order valence-electron chi connectivity index (χ3n) is 2.53. The molecule has 0 aliphatic rings. The van der Waals surface area contributed by atoms with Crippen molar-refractivity contribution in [3.63, 3.8) is 0 Å². The van der Waals surface area contributed by atoms with Crippen molar-refractivity contribution >= 4 is 31.0 Å². The largest absolute Gasteiger partial charge is 0.744 e. The predicted molar refractivity (Wildman–Crippen MR) is 75.2 cm³/mol. The van der Waals surface area contributed by atoms with Crippen LogP contribution in [0.5, 0.6) is 11.5 Å². The Balaban J connectivity index is 0.00000220. The molecule has 0 radical (unpaired) electrons. The Labute approximate surface area is 125 Å². The Morgan fingerprint density at radius 1 is 0.773 bits per heavy atom. The summed E-state index contributed by atoms with van der Waals surface area (Å²) in [5.41, 5.74) is 0. The fourth-order valence-corrected chi connectivity index (χ4v) is 3.03. The SMILES string of the molecule is O=S(=O)([O-])c1cc(S(=O)(=O)[O-])c2cc(O)cc(O)c2c1.[NH4+].[NH4+]. The number of hydrogen-bond donors (Lipinski definition) is 4. The summed E-state index contributed by atoms with van der Waals surface area (Å²) in [4.78, 5) is -1.99. The van der Waals surface area contributed by atoms with Crippen LogP contribution in [-0.4, -0.2) is 36.2 Å². The molecule has 0 unspecified atom stereocenters. The fourth-order valence-electron chi connectivity index (χ4n) is 1.72. The second-order valence-corrected chi connectivity index (χ2v) is 6.62. The molecule has 0 spiro atoms. The molecule has 0 amide bonds. The molecule has 124 valence electrons. The van der Waals surface area contributed by atoms with Gasteiger partial charge >= 0.3 is 0 Å². The topological polar surface area (TPSA) is 228 Å². The van der Waals surface area contributed by atoms with Gasteiger partial charge in [-0.3, -0.25) is 0 Å². The fraction of sp³-hybridized carbons (Fsp3) is 0. The number of aromatic hydroxyl groups is 2. The molecule has 0 aliphatic carbocycles. The molecule has 22 heavy (non-hydrogen) atoms. The number of phenols is 2. The van der Waals surface area contributed by atoms with Gasteiger partial charge in [-0.05, 0) is 18.2 Å². The molecular weight excluding hydrogens is 340 g/mol. The normalized spacial score (nSPS) is 11.5. The van der Waals surface area contributed by atoms with Crippen LogP contribution >= 0.6 is 0 Å². The van der Waals surface area contributed by atoms with Crippen molar-refractivity contribution < 1.29 is 36.2 Å². The van der Waals surface area contributed by atoms with Crippen molar-refractivity contribution in [1.82, 2.24) is 12.3 Å². The van der Waals surface area contributed by atoms with Gasteiger partial charge in [0.25, 0.3) is 0 Å². The maximum atomic E-state index is 11.1. The first-order chi connectivity index (χ1) is 9.00. The molecule has 0 aromatic heterocycles. The lowest BCUT2D eigenvalue weighted by atomic mass is 10.1. The molecule has 12 heteroatoms. The first-order valence-corrected chi connectivity index (χ1v) is 7.73. The molecule has 10 N–H and O–H groups in total. The third kappa shape index (κ3) is 3.62. The van der Waals surface area contributed by atoms with Crippen molar-refractivity contribution in [2.24, 2.45) is 0 Å². The highest BCUT2D eigenvalue weighted by Crippen LogP contribution is 2.35. The van der Waals surface area contributed by atoms with Crippen LogP contribution in [0.1, 0.15) is 0 Å². The molecule has 0 fully saturated rings. The molecule has 2 aromatic carbocycles. The second kappa shape index (κ2) is 6.04. The van der Waals surface area contributed by atoms with Crippen molar-refractivity contribution in [2.45, 2.75) is 9.79 Å². The molecule has 0 heterocycles. The van der Waals surface area contributed by atoms with E-state index in [1.54, 1.807) is 0 Å². The van der Waals surface area contributed by atoms with E-state index in [2.05, 4.69) is 0 Å². The van der Waals surface area contributed by atoms with Gasteiger partial charge < -0.3 is 31.6 Å². The minimum absolute atomic E-state index is 0. The van der Waals surface area contributed by atoms with Crippen LogP contribution < -0.4 is 12.3 Å². The Hall–Kier alpha value is -1.96. The first kappa shape index (κ1) is 20.0. The van der Waals surface area contributed by atoms with Gasteiger partial charge in [0.15, 0.2) is 0 Å². The maximum absolute atomic E-state index is 11.1. The minimum Gasteiger partial charge on any atom is -0.744 e. The van der Waals surface area contributed by atoms with Crippen molar-refractivity contribution in [1.29, 1.82) is 0 Å². The van der Waals surface area contributed by atoms with E-state index in [0.29, 0.717) is 6.07 Å². The zero-order valence-corrected chi connectivity index (χ0v) is 13.1. The van der Waals surface area contributed by atoms with E-state index in [1.807, 2.05) is 0 Å². The van der Waals surface area contributed by atoms with Crippen LogP contribution in [0.3, 0.4) is 0 Å². The summed E-state index contributed by atoms with van der Waals surface area (Å²) in [7, 11) is -10.2. The third-order valence-corrected chi connectivity index (χ3v) is 4.22. The minimum atomic E-state index is -5.12. The summed E-state index contributed by atoms with van der Waals surface area (Å²) in [5.74, 6) is -1.20. The summed E-state index contributed by atoms with van der Waals surface area (Å²) >= 11 is 0. The monoisotopic (exact) mass is 354 g/mol. The van der Waals surface area contributed by atoms with E-state index >= 15 is 0 Å². The molecule has 2 aromatic rings. The van der Waals surface area contributed by atoms with Gasteiger partial charge in [0.1, 0.15) is 31.7 Å². The Kier molecular flexibility index (Phi) is 5.50. The predicted octanol–water partition coefficient (Wildman–Crippen LogP) is 0.812. The number of hydrogen-bond acceptors (Lipinski definition) is 8. The van der Waals surface area contributed by atoms with Crippen LogP contribution in [-0.2, 0) is 20.2 Å². The van der Waals surface area contributed by atoms with Crippen LogP contribution in [0.2, 0.25) is 0 Å². The average molecular weight is 354 g/mol. The average Bonchev–Trinajstić information content (AvgIpc) is 2.24. The lowest BCUT2D eigenvalue weighted by Gasteiger charge is -2.15. The van der Waals surface area contributed by atoms with E-state index in [0.717, 1.165) is 18.2 Å². The summed E-state index contributed by atoms with van der Waals surface area (Å²) in [6.07, 6.45) is 0. The molecule has 0 saturated heterocycles. The zero-order chi connectivity index (χ0) is 15.3. The number of quaternary nitrogens is 2. The lowest BCUT2D eigenvalue weighted by molar-refractivity contribution is 0.454. The van der Waals surface area contributed by atoms with Gasteiger partial charge in [-0.25, -0.2) is 16.8 Å². The van der Waals surface area contributed by atoms with Crippen LogP contribution in [0, 0.1) is 0 Å². The highest BCUT2D eigenvalue weighted by atomic mass is 32.2. The number of rotatable bonds is 2. The summed E-state index contributed by atoms with van der Waals surface area (Å²) in [6, 6.07) is 2.79. The molecular formula is C10H14N2O8S2. The summed E-state index contributed by atoms with van der Waals surface area (Å²) in [6.45, 7) is 0. The highest BCUT2D eigenvalue weighted by molar-refractivity contribution is 7.86. The molecule has 0 atom stereocenters. The standard InChI is InChI=1S/C10H8O8S2.2H3N/c11-5-1-8-7(9(12)2-5)3-6(19(13,14)15)4-10(8)20(16,17)18;;/h1-4,11-12H,(H,13,14,15)(H,16,17,18);2*1H3. The van der Waals surface area contributed by atoms with Crippen molar-refractivity contribution in [3.05, 3.63) is 24.3 Å². The van der Waals surface area contributed by atoms with Crippen LogP contribution in [0.15, 0.2) is 34.1 Å². The van der Waals surface area contributed by atoms with E-state index in [9.17, 15) is 36.2 Å². The summed E-state index contributed by atoms with van der Waals surface area (Å²) in [5, 5.41) is 18.1. The zero-order valence-electron chi connectivity index (χ0n) is 11.5. The Morgan fingerprint density at radius 3 is 1.77 bits per heavy atom. The Bertz CT molecular complexity index is 922. The molecule has 0 saturated carbocycles. The van der Waals surface area contributed by atoms with E-state index in [4.69, 9.17) is 0 Å². The second-order valence-electron chi connectivity index (χ2n) is 3.89. The summed E-state index contributed by atoms with van der Waals surface area (Å²) < 4.78 is 66.3. The van der Waals surface area contributed by atoms with Gasteiger partial charge in [-0.2, -0.15) is 0 Å². The quantitative estimate of drug-likeness (QED) is 0.562. The highest BCUT2D eigenvalue weighted by Gasteiger charge is 2.16. The number of benzene rings is 2. The smallest absolute Gasteiger partial charge is 0.127 e. The van der Waals surface area contributed by atoms with Crippen LogP contribution in [0.25, 0.3) is 10.8 Å². The van der Waals surface area contributed by atoms with Crippen molar-refractivity contribution in [3.8, 4) is 11.5 Å². The van der Waals surface area contributed by atoms with E-state index in [1.165, 1.54) is 0 Å². The van der Waals surface area contributed by atoms with Gasteiger partial charge in [-0.1, -0.05) is 0 Å². The maximum Gasteiger partial charge on any atom is 0.127 e. The van der Waals surface area contributed by atoms with Crippen LogP contribution in [0.4, 0.5) is 0 Å². The lowest BCUT2D eigenvalue weighted by Crippen LogP contribution is -2.04. The molecule has 10 nitrogen and oxygen atoms in total. The van der Waals surface area contributed by atoms with Gasteiger partial charge in [0.05, 0.1) is 9.79 Å². The molecule has 0 bridgehead atoms. The number of phenolic OH excluding ortho intramolecular Hbond substituents is 2. The van der Waals surface area contributed by atoms with E-state index < -0.39 is 41.5 Å². The van der Waals surface area contributed by atoms with Gasteiger partial charge in [-0.15, -0.1) is 0 Å². The molecule has 0 aliphatic heterocycles. The number of fused-ring (bicyclic) bond motifs is 1. The van der Waals surface area contributed by atoms with Gasteiger partial charge in [0.2, 0.25) is 0 Å². The van der Waals surface area contributed by atoms with Crippen molar-refractivity contribution in [2.75, 3.05) is 0 Å². The van der Waals surface area contributed by atoms with Gasteiger partial charge in [0, 0.05) is 16.8 Å². The van der Waals surface area contributed by atoms with E-state index in [-0.39, 0.29) is 23.1 Å². The first-order valence-electron chi connectivity index (χ1n) is 4.91. The molecule has 2 rings (SSSR count).